The lowest BCUT2D eigenvalue weighted by Crippen LogP contribution is -2.39. The van der Waals surface area contributed by atoms with Crippen LogP contribution in [-0.2, 0) is 4.79 Å². The molecule has 0 aliphatic rings. The van der Waals surface area contributed by atoms with Crippen molar-refractivity contribution in [3.63, 3.8) is 0 Å². The minimum Gasteiger partial charge on any atom is -0.325 e. The minimum atomic E-state index is -0.546. The van der Waals surface area contributed by atoms with Gasteiger partial charge < -0.3 is 11.1 Å². The molecule has 0 aliphatic heterocycles. The lowest BCUT2D eigenvalue weighted by molar-refractivity contribution is -0.118. The van der Waals surface area contributed by atoms with Crippen molar-refractivity contribution in [1.82, 2.24) is 0 Å². The lowest BCUT2D eigenvalue weighted by Gasteiger charge is -2.15. The maximum Gasteiger partial charge on any atom is 0.241 e. The van der Waals surface area contributed by atoms with Gasteiger partial charge in [0.2, 0.25) is 5.91 Å². The van der Waals surface area contributed by atoms with Crippen LogP contribution in [-0.4, -0.2) is 11.9 Å². The molecule has 1 aromatic rings. The van der Waals surface area contributed by atoms with Crippen molar-refractivity contribution in [1.29, 1.82) is 0 Å². The highest BCUT2D eigenvalue weighted by atomic mass is 35.5. The molecule has 5 heteroatoms. The number of hydrogen-bond donors (Lipinski definition) is 2. The molecule has 1 aromatic carbocycles. The van der Waals surface area contributed by atoms with Crippen LogP contribution >= 0.6 is 12.4 Å². The third-order valence-electron chi connectivity index (χ3n) is 2.13. The first-order valence-electron chi connectivity index (χ1n) is 4.82. The van der Waals surface area contributed by atoms with E-state index in [4.69, 9.17) is 5.73 Å². The fourth-order valence-electron chi connectivity index (χ4n) is 1.06. The summed E-state index contributed by atoms with van der Waals surface area (Å²) in [6.07, 6.45) is 0. The van der Waals surface area contributed by atoms with Gasteiger partial charge in [-0.05, 0) is 30.2 Å². The molecule has 90 valence electrons. The van der Waals surface area contributed by atoms with Gasteiger partial charge in [-0.15, -0.1) is 12.4 Å². The Morgan fingerprint density at radius 2 is 1.81 bits per heavy atom. The van der Waals surface area contributed by atoms with E-state index in [9.17, 15) is 9.18 Å². The number of carbonyl (C=O) groups excluding carboxylic acids is 1. The summed E-state index contributed by atoms with van der Waals surface area (Å²) in [4.78, 5) is 11.5. The molecule has 1 atom stereocenters. The number of amides is 1. The molecule has 0 saturated carbocycles. The molecule has 0 saturated heterocycles. The van der Waals surface area contributed by atoms with Crippen LogP contribution < -0.4 is 11.1 Å². The van der Waals surface area contributed by atoms with E-state index in [-0.39, 0.29) is 30.0 Å². The summed E-state index contributed by atoms with van der Waals surface area (Å²) in [5.74, 6) is -0.511. The topological polar surface area (TPSA) is 55.1 Å². The number of nitrogens with one attached hydrogen (secondary N) is 1. The van der Waals surface area contributed by atoms with E-state index in [1.807, 2.05) is 13.8 Å². The second-order valence-electron chi connectivity index (χ2n) is 3.77. The summed E-state index contributed by atoms with van der Waals surface area (Å²) in [5, 5.41) is 2.62. The van der Waals surface area contributed by atoms with Crippen LogP contribution in [0.15, 0.2) is 24.3 Å². The number of hydrogen-bond acceptors (Lipinski definition) is 2. The molecule has 1 amide bonds. The standard InChI is InChI=1S/C11H15FN2O.ClH/c1-7(2)10(13)11(15)14-9-5-3-8(12)4-6-9;/h3-7,10H,13H2,1-2H3,(H,14,15);1H/t10-;/m1./s1. The molecule has 0 radical (unpaired) electrons. The predicted molar refractivity (Wildman–Crippen MR) is 65.1 cm³/mol. The van der Waals surface area contributed by atoms with E-state index in [1.54, 1.807) is 0 Å². The van der Waals surface area contributed by atoms with E-state index >= 15 is 0 Å². The molecule has 0 bridgehead atoms. The van der Waals surface area contributed by atoms with Crippen molar-refractivity contribution in [2.45, 2.75) is 19.9 Å². The fraction of sp³-hybridized carbons (Fsp3) is 0.364. The quantitative estimate of drug-likeness (QED) is 0.859. The van der Waals surface area contributed by atoms with Crippen molar-refractivity contribution >= 4 is 24.0 Å². The zero-order chi connectivity index (χ0) is 11.4. The molecular weight excluding hydrogens is 231 g/mol. The molecule has 0 fully saturated rings. The minimum absolute atomic E-state index is 0. The van der Waals surface area contributed by atoms with E-state index in [0.29, 0.717) is 5.69 Å². The van der Waals surface area contributed by atoms with Crippen molar-refractivity contribution in [2.24, 2.45) is 11.7 Å². The third-order valence-corrected chi connectivity index (χ3v) is 2.13. The van der Waals surface area contributed by atoms with Crippen LogP contribution in [0.25, 0.3) is 0 Å². The molecule has 0 aliphatic carbocycles. The number of anilines is 1. The monoisotopic (exact) mass is 246 g/mol. The van der Waals surface area contributed by atoms with Crippen LogP contribution in [0, 0.1) is 11.7 Å². The molecule has 3 N–H and O–H groups in total. The maximum atomic E-state index is 12.6. The lowest BCUT2D eigenvalue weighted by atomic mass is 10.1. The Morgan fingerprint density at radius 1 is 1.31 bits per heavy atom. The summed E-state index contributed by atoms with van der Waals surface area (Å²) in [5.41, 5.74) is 6.20. The summed E-state index contributed by atoms with van der Waals surface area (Å²) >= 11 is 0. The van der Waals surface area contributed by atoms with Gasteiger partial charge in [0.1, 0.15) is 5.82 Å². The Kier molecular flexibility index (Phi) is 6.00. The molecule has 0 unspecified atom stereocenters. The summed E-state index contributed by atoms with van der Waals surface area (Å²) in [7, 11) is 0. The highest BCUT2D eigenvalue weighted by Crippen LogP contribution is 2.09. The largest absolute Gasteiger partial charge is 0.325 e. The Labute approximate surface area is 101 Å². The first-order chi connectivity index (χ1) is 7.00. The Balaban J connectivity index is 0.00000225. The predicted octanol–water partition coefficient (Wildman–Crippen LogP) is 2.17. The SMILES string of the molecule is CC(C)[C@@H](N)C(=O)Nc1ccc(F)cc1.Cl. The van der Waals surface area contributed by atoms with E-state index in [0.717, 1.165) is 0 Å². The average Bonchev–Trinajstić information content (AvgIpc) is 2.20. The number of rotatable bonds is 3. The number of halogens is 2. The average molecular weight is 247 g/mol. The Bertz CT molecular complexity index is 340. The van der Waals surface area contributed by atoms with Crippen molar-refractivity contribution in [2.75, 3.05) is 5.32 Å². The van der Waals surface area contributed by atoms with Gasteiger partial charge >= 0.3 is 0 Å². The zero-order valence-corrected chi connectivity index (χ0v) is 10.1. The first-order valence-corrected chi connectivity index (χ1v) is 4.82. The van der Waals surface area contributed by atoms with Gasteiger partial charge in [-0.1, -0.05) is 13.8 Å². The molecular formula is C11H16ClFN2O. The van der Waals surface area contributed by atoms with Crippen molar-refractivity contribution in [3.05, 3.63) is 30.1 Å². The van der Waals surface area contributed by atoms with Gasteiger partial charge in [0.25, 0.3) is 0 Å². The first kappa shape index (κ1) is 14.9. The van der Waals surface area contributed by atoms with Gasteiger partial charge in [-0.25, -0.2) is 4.39 Å². The normalized spacial score (nSPS) is 11.8. The smallest absolute Gasteiger partial charge is 0.241 e. The highest BCUT2D eigenvalue weighted by Gasteiger charge is 2.16. The van der Waals surface area contributed by atoms with Crippen LogP contribution in [0.2, 0.25) is 0 Å². The van der Waals surface area contributed by atoms with Crippen LogP contribution in [0.4, 0.5) is 10.1 Å². The third kappa shape index (κ3) is 4.16. The molecule has 0 heterocycles. The van der Waals surface area contributed by atoms with E-state index < -0.39 is 6.04 Å². The second-order valence-corrected chi connectivity index (χ2v) is 3.77. The van der Waals surface area contributed by atoms with E-state index in [1.165, 1.54) is 24.3 Å². The zero-order valence-electron chi connectivity index (χ0n) is 9.24. The summed E-state index contributed by atoms with van der Waals surface area (Å²) < 4.78 is 12.6. The molecule has 16 heavy (non-hydrogen) atoms. The summed E-state index contributed by atoms with van der Waals surface area (Å²) in [6.45, 7) is 3.74. The van der Waals surface area contributed by atoms with Crippen LogP contribution in [0.1, 0.15) is 13.8 Å². The number of carbonyl (C=O) groups is 1. The number of benzene rings is 1. The van der Waals surface area contributed by atoms with Gasteiger partial charge in [-0.3, -0.25) is 4.79 Å². The van der Waals surface area contributed by atoms with Crippen LogP contribution in [0.3, 0.4) is 0 Å². The maximum absolute atomic E-state index is 12.6. The van der Waals surface area contributed by atoms with Crippen molar-refractivity contribution < 1.29 is 9.18 Å². The van der Waals surface area contributed by atoms with Gasteiger partial charge in [0.15, 0.2) is 0 Å². The van der Waals surface area contributed by atoms with E-state index in [2.05, 4.69) is 5.32 Å². The Hall–Kier alpha value is -1.13. The highest BCUT2D eigenvalue weighted by molar-refractivity contribution is 5.94. The molecule has 0 aromatic heterocycles. The van der Waals surface area contributed by atoms with Crippen LogP contribution in [0.5, 0.6) is 0 Å². The molecule has 1 rings (SSSR count). The Morgan fingerprint density at radius 3 is 2.25 bits per heavy atom. The summed E-state index contributed by atoms with van der Waals surface area (Å²) in [6, 6.07) is 5.03. The van der Waals surface area contributed by atoms with Crippen molar-refractivity contribution in [3.8, 4) is 0 Å². The fourth-order valence-corrected chi connectivity index (χ4v) is 1.06. The van der Waals surface area contributed by atoms with Gasteiger partial charge in [0.05, 0.1) is 6.04 Å². The molecule has 3 nitrogen and oxygen atoms in total. The van der Waals surface area contributed by atoms with Gasteiger partial charge in [0, 0.05) is 5.69 Å². The van der Waals surface area contributed by atoms with Gasteiger partial charge in [-0.2, -0.15) is 0 Å². The molecule has 0 spiro atoms. The number of nitrogens with two attached hydrogens (primary N) is 1. The second kappa shape index (κ2) is 6.45.